The Kier molecular flexibility index (Phi) is 7.11. The number of aliphatic carboxylic acids is 1. The fourth-order valence-electron chi connectivity index (χ4n) is 5.10. The van der Waals surface area contributed by atoms with Crippen LogP contribution in [0.3, 0.4) is 0 Å². The zero-order valence-corrected chi connectivity index (χ0v) is 21.6. The maximum atomic E-state index is 14.5. The predicted octanol–water partition coefficient (Wildman–Crippen LogP) is 4.97. The molecule has 200 valence electrons. The van der Waals surface area contributed by atoms with Crippen molar-refractivity contribution in [3.63, 3.8) is 0 Å². The van der Waals surface area contributed by atoms with E-state index in [0.29, 0.717) is 24.8 Å². The number of allylic oxidation sites excluding steroid dienone is 3. The molecule has 0 bridgehead atoms. The predicted molar refractivity (Wildman–Crippen MR) is 145 cm³/mol. The summed E-state index contributed by atoms with van der Waals surface area (Å²) in [6.07, 6.45) is 10.8. The molecule has 2 aliphatic carbocycles. The molecule has 0 aromatic heterocycles. The highest BCUT2D eigenvalue weighted by molar-refractivity contribution is 6.05. The van der Waals surface area contributed by atoms with E-state index < -0.39 is 23.2 Å². The number of primary amides is 1. The van der Waals surface area contributed by atoms with Crippen molar-refractivity contribution < 1.29 is 29.0 Å². The molecule has 2 aromatic carbocycles. The van der Waals surface area contributed by atoms with Gasteiger partial charge in [0.15, 0.2) is 11.3 Å². The number of nitrogens with two attached hydrogens (primary N) is 1. The van der Waals surface area contributed by atoms with Crippen LogP contribution >= 0.6 is 0 Å². The third-order valence-electron chi connectivity index (χ3n) is 7.26. The Balaban J connectivity index is 1.64. The van der Waals surface area contributed by atoms with Crippen molar-refractivity contribution >= 4 is 17.8 Å². The SMILES string of the molecule is Cc1ccc(-c2ccccc2C(=O)N(C2CC2)C(CC2=CC=CCC2)(C(N)=O)C2=COC(C(=O)O)=CO2)cc1. The molecule has 0 saturated heterocycles. The molecule has 1 atom stereocenters. The van der Waals surface area contributed by atoms with Crippen LogP contribution in [0.2, 0.25) is 0 Å². The molecule has 1 heterocycles. The Morgan fingerprint density at radius 2 is 1.79 bits per heavy atom. The van der Waals surface area contributed by atoms with Crippen molar-refractivity contribution in [3.8, 4) is 11.1 Å². The smallest absolute Gasteiger partial charge is 0.375 e. The summed E-state index contributed by atoms with van der Waals surface area (Å²) in [5.74, 6) is -2.93. The number of rotatable bonds is 9. The number of nitrogens with zero attached hydrogens (tertiary/aromatic N) is 1. The standard InChI is InChI=1S/C31H30N2O6/c1-20-11-13-22(14-12-20)24-9-5-6-10-25(24)28(34)33(23-15-16-23)31(30(32)37,17-21-7-3-2-4-8-21)27-19-38-26(18-39-27)29(35)36/h2-3,5-7,9-14,18-19,23H,4,8,15-17H2,1H3,(H2,32,37)(H,35,36). The summed E-state index contributed by atoms with van der Waals surface area (Å²) in [7, 11) is 0. The van der Waals surface area contributed by atoms with Crippen molar-refractivity contribution in [1.29, 1.82) is 0 Å². The highest BCUT2D eigenvalue weighted by Crippen LogP contribution is 2.44. The van der Waals surface area contributed by atoms with Gasteiger partial charge >= 0.3 is 5.97 Å². The zero-order chi connectivity index (χ0) is 27.6. The largest absolute Gasteiger partial charge is 0.475 e. The van der Waals surface area contributed by atoms with Crippen LogP contribution in [0, 0.1) is 6.92 Å². The zero-order valence-electron chi connectivity index (χ0n) is 21.6. The second kappa shape index (κ2) is 10.6. The van der Waals surface area contributed by atoms with Gasteiger partial charge in [-0.05, 0) is 49.8 Å². The Morgan fingerprint density at radius 3 is 2.38 bits per heavy atom. The van der Waals surface area contributed by atoms with E-state index in [4.69, 9.17) is 15.2 Å². The van der Waals surface area contributed by atoms with Crippen LogP contribution in [0.25, 0.3) is 11.1 Å². The molecular weight excluding hydrogens is 496 g/mol. The molecular formula is C31H30N2O6. The first kappa shape index (κ1) is 26.0. The van der Waals surface area contributed by atoms with E-state index in [0.717, 1.165) is 41.2 Å². The van der Waals surface area contributed by atoms with Gasteiger partial charge in [0.2, 0.25) is 5.76 Å². The first-order chi connectivity index (χ1) is 18.8. The molecule has 0 radical (unpaired) electrons. The second-order valence-corrected chi connectivity index (χ2v) is 10.0. The van der Waals surface area contributed by atoms with Gasteiger partial charge in [0.25, 0.3) is 11.8 Å². The lowest BCUT2D eigenvalue weighted by molar-refractivity contribution is -0.136. The summed E-state index contributed by atoms with van der Waals surface area (Å²) in [5, 5.41) is 9.32. The lowest BCUT2D eigenvalue weighted by atomic mass is 9.82. The normalized spacial score (nSPS) is 17.9. The Hall–Kier alpha value is -4.59. The molecule has 39 heavy (non-hydrogen) atoms. The van der Waals surface area contributed by atoms with Gasteiger partial charge in [-0.1, -0.05) is 71.8 Å². The number of carboxylic acid groups (broad SMARTS) is 1. The molecule has 3 aliphatic rings. The average molecular weight is 527 g/mol. The quantitative estimate of drug-likeness (QED) is 0.476. The number of carboxylic acids is 1. The molecule has 2 amide bonds. The van der Waals surface area contributed by atoms with Gasteiger partial charge in [-0.2, -0.15) is 0 Å². The summed E-state index contributed by atoms with van der Waals surface area (Å²) in [6, 6.07) is 14.9. The van der Waals surface area contributed by atoms with Crippen LogP contribution in [0.5, 0.6) is 0 Å². The summed E-state index contributed by atoms with van der Waals surface area (Å²) in [5.41, 5.74) is 8.47. The maximum Gasteiger partial charge on any atom is 0.375 e. The van der Waals surface area contributed by atoms with E-state index in [1.165, 1.54) is 4.90 Å². The highest BCUT2D eigenvalue weighted by atomic mass is 16.6. The van der Waals surface area contributed by atoms with Crippen molar-refractivity contribution in [3.05, 3.63) is 108 Å². The molecule has 8 heteroatoms. The summed E-state index contributed by atoms with van der Waals surface area (Å²) >= 11 is 0. The number of aryl methyl sites for hydroxylation is 1. The van der Waals surface area contributed by atoms with E-state index in [1.807, 2.05) is 61.5 Å². The second-order valence-electron chi connectivity index (χ2n) is 10.0. The molecule has 1 aliphatic heterocycles. The number of benzene rings is 2. The van der Waals surface area contributed by atoms with Crippen LogP contribution in [0.4, 0.5) is 0 Å². The van der Waals surface area contributed by atoms with Gasteiger partial charge in [-0.3, -0.25) is 9.59 Å². The molecule has 0 spiro atoms. The van der Waals surface area contributed by atoms with E-state index in [9.17, 15) is 19.5 Å². The third kappa shape index (κ3) is 5.10. The van der Waals surface area contributed by atoms with Crippen molar-refractivity contribution in [2.75, 3.05) is 0 Å². The van der Waals surface area contributed by atoms with Gasteiger partial charge in [-0.15, -0.1) is 0 Å². The number of carbonyl (C=O) groups excluding carboxylic acids is 2. The number of ether oxygens (including phenoxy) is 2. The van der Waals surface area contributed by atoms with Crippen molar-refractivity contribution in [2.24, 2.45) is 5.73 Å². The van der Waals surface area contributed by atoms with Crippen molar-refractivity contribution in [1.82, 2.24) is 4.90 Å². The highest BCUT2D eigenvalue weighted by Gasteiger charge is 2.56. The topological polar surface area (TPSA) is 119 Å². The summed E-state index contributed by atoms with van der Waals surface area (Å²) in [6.45, 7) is 2.00. The number of hydrogen-bond acceptors (Lipinski definition) is 5. The van der Waals surface area contributed by atoms with Crippen LogP contribution in [-0.4, -0.2) is 39.4 Å². The van der Waals surface area contributed by atoms with E-state index in [1.54, 1.807) is 12.1 Å². The average Bonchev–Trinajstić information content (AvgIpc) is 3.78. The summed E-state index contributed by atoms with van der Waals surface area (Å²) in [4.78, 5) is 41.1. The fraction of sp³-hybridized carbons (Fsp3) is 0.258. The fourth-order valence-corrected chi connectivity index (χ4v) is 5.10. The minimum absolute atomic E-state index is 0.0245. The summed E-state index contributed by atoms with van der Waals surface area (Å²) < 4.78 is 11.1. The van der Waals surface area contributed by atoms with Gasteiger partial charge in [0.05, 0.1) is 0 Å². The van der Waals surface area contributed by atoms with Gasteiger partial charge in [-0.25, -0.2) is 4.79 Å². The molecule has 3 N–H and O–H groups in total. The molecule has 1 fully saturated rings. The van der Waals surface area contributed by atoms with Crippen LogP contribution in [0.15, 0.2) is 96.4 Å². The number of hydrogen-bond donors (Lipinski definition) is 2. The van der Waals surface area contributed by atoms with Crippen molar-refractivity contribution in [2.45, 2.75) is 50.6 Å². The maximum absolute atomic E-state index is 14.5. The molecule has 8 nitrogen and oxygen atoms in total. The molecule has 2 aromatic rings. The lowest BCUT2D eigenvalue weighted by Gasteiger charge is -2.43. The minimum Gasteiger partial charge on any atom is -0.475 e. The lowest BCUT2D eigenvalue weighted by Crippen LogP contribution is -2.62. The molecule has 1 saturated carbocycles. The Morgan fingerprint density at radius 1 is 1.05 bits per heavy atom. The van der Waals surface area contributed by atoms with Gasteiger partial charge < -0.3 is 25.2 Å². The molecule has 1 unspecified atom stereocenters. The molecule has 5 rings (SSSR count). The van der Waals surface area contributed by atoms with Crippen LogP contribution in [0.1, 0.15) is 48.0 Å². The van der Waals surface area contributed by atoms with E-state index >= 15 is 0 Å². The first-order valence-corrected chi connectivity index (χ1v) is 12.9. The van der Waals surface area contributed by atoms with Crippen LogP contribution in [-0.2, 0) is 19.1 Å². The van der Waals surface area contributed by atoms with Gasteiger partial charge in [0, 0.05) is 18.0 Å². The Labute approximate surface area is 226 Å². The number of amides is 2. The monoisotopic (exact) mass is 526 g/mol. The minimum atomic E-state index is -1.74. The van der Waals surface area contributed by atoms with Crippen LogP contribution < -0.4 is 5.73 Å². The third-order valence-corrected chi connectivity index (χ3v) is 7.26. The Bertz CT molecular complexity index is 1430. The number of carbonyl (C=O) groups is 3. The van der Waals surface area contributed by atoms with Gasteiger partial charge in [0.1, 0.15) is 12.5 Å². The first-order valence-electron chi connectivity index (χ1n) is 12.9. The van der Waals surface area contributed by atoms with E-state index in [-0.39, 0.29) is 24.1 Å². The van der Waals surface area contributed by atoms with E-state index in [2.05, 4.69) is 0 Å².